The van der Waals surface area contributed by atoms with Crippen LogP contribution in [0.15, 0.2) is 0 Å². The van der Waals surface area contributed by atoms with Gasteiger partial charge in [0.25, 0.3) is 0 Å². The second-order valence-electron chi connectivity index (χ2n) is 1.27. The Balaban J connectivity index is 2.60. The predicted octanol–water partition coefficient (Wildman–Crippen LogP) is 0.637. The van der Waals surface area contributed by atoms with Gasteiger partial charge in [-0.3, -0.25) is 0 Å². The van der Waals surface area contributed by atoms with E-state index in [2.05, 4.69) is 11.7 Å². The molecule has 0 aliphatic rings. The van der Waals surface area contributed by atoms with Gasteiger partial charge < -0.3 is 14.6 Å². The maximum absolute atomic E-state index is 8.11. The van der Waals surface area contributed by atoms with Gasteiger partial charge in [-0.1, -0.05) is 6.92 Å². The van der Waals surface area contributed by atoms with Crippen molar-refractivity contribution >= 4 is 11.8 Å². The van der Waals surface area contributed by atoms with Crippen LogP contribution in [0.25, 0.3) is 0 Å². The van der Waals surface area contributed by atoms with E-state index in [1.807, 2.05) is 0 Å². The third kappa shape index (κ3) is 8.23. The van der Waals surface area contributed by atoms with E-state index in [-0.39, 0.29) is 13.6 Å². The highest BCUT2D eigenvalue weighted by atomic mass is 32.2. The molecule has 9 heavy (non-hydrogen) atoms. The van der Waals surface area contributed by atoms with Crippen molar-refractivity contribution in [2.45, 2.75) is 6.92 Å². The largest absolute Gasteiger partial charge is 0.371 e. The molecule has 0 saturated carbocycles. The number of thioether (sulfide) groups is 1. The summed E-state index contributed by atoms with van der Waals surface area (Å²) in [5.41, 5.74) is 0. The van der Waals surface area contributed by atoms with Crippen LogP contribution in [-0.2, 0) is 9.47 Å². The van der Waals surface area contributed by atoms with Crippen molar-refractivity contribution in [3.05, 3.63) is 0 Å². The van der Waals surface area contributed by atoms with Gasteiger partial charge in [-0.2, -0.15) is 0 Å². The van der Waals surface area contributed by atoms with Crippen molar-refractivity contribution in [2.75, 3.05) is 25.3 Å². The first kappa shape index (κ1) is 9.23. The molecule has 0 aromatic carbocycles. The topological polar surface area (TPSA) is 38.7 Å². The zero-order valence-corrected chi connectivity index (χ0v) is 6.32. The molecule has 0 rings (SSSR count). The number of rotatable bonds is 6. The van der Waals surface area contributed by atoms with Crippen molar-refractivity contribution < 1.29 is 14.6 Å². The summed E-state index contributed by atoms with van der Waals surface area (Å²) in [6, 6.07) is 0. The maximum Gasteiger partial charge on any atom is 0.150 e. The second-order valence-corrected chi connectivity index (χ2v) is 2.49. The Labute approximate surface area is 59.3 Å². The van der Waals surface area contributed by atoms with Crippen LogP contribution in [0, 0.1) is 0 Å². The molecular formula is C5H12O3S. The van der Waals surface area contributed by atoms with E-state index in [9.17, 15) is 0 Å². The number of ether oxygens (including phenoxy) is 2. The first-order chi connectivity index (χ1) is 4.41. The summed E-state index contributed by atoms with van der Waals surface area (Å²) >= 11 is 1.67. The summed E-state index contributed by atoms with van der Waals surface area (Å²) in [5.74, 6) is 1.68. The molecule has 0 amide bonds. The quantitative estimate of drug-likeness (QED) is 0.447. The third-order valence-electron chi connectivity index (χ3n) is 0.629. The van der Waals surface area contributed by atoms with Crippen molar-refractivity contribution in [2.24, 2.45) is 0 Å². The third-order valence-corrected chi connectivity index (χ3v) is 1.37. The predicted molar refractivity (Wildman–Crippen MR) is 37.1 cm³/mol. The second kappa shape index (κ2) is 8.23. The van der Waals surface area contributed by atoms with Crippen LogP contribution in [0.3, 0.4) is 0 Å². The van der Waals surface area contributed by atoms with Gasteiger partial charge in [-0.15, -0.1) is 11.8 Å². The molecule has 0 spiro atoms. The Hall–Kier alpha value is 0.230. The van der Waals surface area contributed by atoms with E-state index in [1.165, 1.54) is 0 Å². The van der Waals surface area contributed by atoms with E-state index in [1.54, 1.807) is 11.8 Å². The van der Waals surface area contributed by atoms with Gasteiger partial charge in [0.05, 0.1) is 5.94 Å². The number of hydrogen-bond acceptors (Lipinski definition) is 4. The smallest absolute Gasteiger partial charge is 0.150 e. The zero-order valence-electron chi connectivity index (χ0n) is 5.50. The lowest BCUT2D eigenvalue weighted by Gasteiger charge is -2.00. The van der Waals surface area contributed by atoms with E-state index < -0.39 is 0 Å². The summed E-state index contributed by atoms with van der Waals surface area (Å²) in [7, 11) is 0. The molecular weight excluding hydrogens is 140 g/mol. The molecule has 4 heteroatoms. The van der Waals surface area contributed by atoms with Crippen LogP contribution in [-0.4, -0.2) is 30.4 Å². The fraction of sp³-hybridized carbons (Fsp3) is 1.00. The van der Waals surface area contributed by atoms with E-state index in [0.717, 1.165) is 5.75 Å². The molecule has 1 N–H and O–H groups in total. The highest BCUT2D eigenvalue weighted by Crippen LogP contribution is 1.97. The molecule has 0 heterocycles. The number of hydrogen-bond donors (Lipinski definition) is 1. The Kier molecular flexibility index (Phi) is 8.44. The van der Waals surface area contributed by atoms with Crippen LogP contribution < -0.4 is 0 Å². The van der Waals surface area contributed by atoms with Crippen molar-refractivity contribution in [1.82, 2.24) is 0 Å². The normalized spacial score (nSPS) is 10.0. The Morgan fingerprint density at radius 3 is 2.78 bits per heavy atom. The van der Waals surface area contributed by atoms with Crippen LogP contribution in [0.5, 0.6) is 0 Å². The molecule has 56 valence electrons. The minimum atomic E-state index is -0.267. The summed E-state index contributed by atoms with van der Waals surface area (Å²) in [6.45, 7) is 1.97. The summed E-state index contributed by atoms with van der Waals surface area (Å²) in [4.78, 5) is 0. The lowest BCUT2D eigenvalue weighted by molar-refractivity contribution is -0.0968. The Morgan fingerprint density at radius 2 is 2.22 bits per heavy atom. The monoisotopic (exact) mass is 152 g/mol. The van der Waals surface area contributed by atoms with Gasteiger partial charge in [0, 0.05) is 0 Å². The van der Waals surface area contributed by atoms with Crippen LogP contribution >= 0.6 is 11.8 Å². The van der Waals surface area contributed by atoms with E-state index >= 15 is 0 Å². The molecule has 0 radical (unpaired) electrons. The van der Waals surface area contributed by atoms with E-state index in [4.69, 9.17) is 9.84 Å². The molecule has 0 aromatic rings. The Bertz CT molecular complexity index is 45.5. The van der Waals surface area contributed by atoms with Gasteiger partial charge in [-0.25, -0.2) is 0 Å². The van der Waals surface area contributed by atoms with Gasteiger partial charge in [0.1, 0.15) is 6.79 Å². The number of aliphatic hydroxyl groups excluding tert-OH is 1. The molecule has 0 unspecified atom stereocenters. The summed E-state index contributed by atoms with van der Waals surface area (Å²) in [6.07, 6.45) is 0. The highest BCUT2D eigenvalue weighted by Gasteiger charge is 1.84. The standard InChI is InChI=1S/C5H12O3S/c1-2-9-5-8-4-7-3-6/h6H,2-5H2,1H3. The fourth-order valence-corrected chi connectivity index (χ4v) is 0.625. The average Bonchev–Trinajstić information content (AvgIpc) is 1.89. The molecule has 0 bridgehead atoms. The molecule has 0 aromatic heterocycles. The lowest BCUT2D eigenvalue weighted by atomic mass is 11.0. The van der Waals surface area contributed by atoms with Crippen LogP contribution in [0.1, 0.15) is 6.92 Å². The lowest BCUT2D eigenvalue weighted by Crippen LogP contribution is -1.99. The zero-order chi connectivity index (χ0) is 6.95. The first-order valence-corrected chi connectivity index (χ1v) is 3.91. The molecule has 0 saturated heterocycles. The minimum absolute atomic E-state index is 0.184. The van der Waals surface area contributed by atoms with Crippen LogP contribution in [0.2, 0.25) is 0 Å². The van der Waals surface area contributed by atoms with Gasteiger partial charge in [0.15, 0.2) is 6.79 Å². The molecule has 0 aliphatic carbocycles. The molecule has 0 fully saturated rings. The van der Waals surface area contributed by atoms with Gasteiger partial charge in [-0.05, 0) is 5.75 Å². The van der Waals surface area contributed by atoms with Crippen LogP contribution in [0.4, 0.5) is 0 Å². The van der Waals surface area contributed by atoms with Gasteiger partial charge >= 0.3 is 0 Å². The average molecular weight is 152 g/mol. The first-order valence-electron chi connectivity index (χ1n) is 2.76. The van der Waals surface area contributed by atoms with Crippen molar-refractivity contribution in [1.29, 1.82) is 0 Å². The van der Waals surface area contributed by atoms with Gasteiger partial charge in [0.2, 0.25) is 0 Å². The molecule has 0 atom stereocenters. The Morgan fingerprint density at radius 1 is 1.44 bits per heavy atom. The fourth-order valence-electron chi connectivity index (χ4n) is 0.272. The van der Waals surface area contributed by atoms with Crippen molar-refractivity contribution in [3.63, 3.8) is 0 Å². The minimum Gasteiger partial charge on any atom is -0.371 e. The summed E-state index contributed by atoms with van der Waals surface area (Å²) in [5, 5.41) is 8.11. The number of aliphatic hydroxyl groups is 1. The van der Waals surface area contributed by atoms with Crippen molar-refractivity contribution in [3.8, 4) is 0 Å². The SMILES string of the molecule is CCSCOCOCO. The molecule has 0 aliphatic heterocycles. The maximum atomic E-state index is 8.11. The summed E-state index contributed by atoms with van der Waals surface area (Å²) < 4.78 is 9.40. The van der Waals surface area contributed by atoms with E-state index in [0.29, 0.717) is 5.94 Å². The molecule has 3 nitrogen and oxygen atoms in total. The highest BCUT2D eigenvalue weighted by molar-refractivity contribution is 7.99.